The summed E-state index contributed by atoms with van der Waals surface area (Å²) in [5.74, 6) is 8.29. The Labute approximate surface area is 113 Å². The molecule has 0 heterocycles. The fourth-order valence-electron chi connectivity index (χ4n) is 2.23. The standard InChI is InChI=1S/C16H20.C2H6/c1-13-3-7-15(8-4-13)11-12-16-9-5-14(2)6-10-16;1-2/h3-4,7-8,14,16H,5-6,9-10H2,1-2H3;1-2H3. The lowest BCUT2D eigenvalue weighted by Crippen LogP contribution is -2.10. The Bertz CT molecular complexity index is 380. The average molecular weight is 242 g/mol. The van der Waals surface area contributed by atoms with Crippen molar-refractivity contribution in [3.05, 3.63) is 35.4 Å². The summed E-state index contributed by atoms with van der Waals surface area (Å²) in [7, 11) is 0. The minimum atomic E-state index is 0.637. The molecule has 1 fully saturated rings. The van der Waals surface area contributed by atoms with Gasteiger partial charge in [0.15, 0.2) is 0 Å². The van der Waals surface area contributed by atoms with Crippen LogP contribution in [-0.2, 0) is 0 Å². The summed E-state index contributed by atoms with van der Waals surface area (Å²) in [6, 6.07) is 8.50. The van der Waals surface area contributed by atoms with Crippen LogP contribution in [0.15, 0.2) is 24.3 Å². The first-order valence-electron chi connectivity index (χ1n) is 7.32. The van der Waals surface area contributed by atoms with Gasteiger partial charge in [0.25, 0.3) is 0 Å². The lowest BCUT2D eigenvalue weighted by atomic mass is 9.83. The van der Waals surface area contributed by atoms with Crippen LogP contribution in [0.2, 0.25) is 0 Å². The van der Waals surface area contributed by atoms with Gasteiger partial charge in [0, 0.05) is 11.5 Å². The van der Waals surface area contributed by atoms with E-state index >= 15 is 0 Å². The lowest BCUT2D eigenvalue weighted by Gasteiger charge is -2.21. The molecule has 1 aromatic rings. The van der Waals surface area contributed by atoms with Gasteiger partial charge in [0.2, 0.25) is 0 Å². The fourth-order valence-corrected chi connectivity index (χ4v) is 2.23. The van der Waals surface area contributed by atoms with Gasteiger partial charge in [-0.15, -0.1) is 0 Å². The zero-order valence-corrected chi connectivity index (χ0v) is 12.3. The number of benzene rings is 1. The summed E-state index contributed by atoms with van der Waals surface area (Å²) in [6.45, 7) is 8.46. The molecule has 2 rings (SSSR count). The predicted octanol–water partition coefficient (Wildman–Crippen LogP) is 5.20. The van der Waals surface area contributed by atoms with Gasteiger partial charge in [-0.1, -0.05) is 50.3 Å². The maximum Gasteiger partial charge on any atom is 0.0245 e. The molecule has 0 aromatic heterocycles. The van der Waals surface area contributed by atoms with Crippen LogP contribution in [0.3, 0.4) is 0 Å². The summed E-state index contributed by atoms with van der Waals surface area (Å²) in [6.07, 6.45) is 5.29. The van der Waals surface area contributed by atoms with Crippen LogP contribution in [0, 0.1) is 30.6 Å². The molecule has 0 radical (unpaired) electrons. The Kier molecular flexibility index (Phi) is 6.58. The van der Waals surface area contributed by atoms with Crippen molar-refractivity contribution in [1.82, 2.24) is 0 Å². The highest BCUT2D eigenvalue weighted by Gasteiger charge is 2.15. The van der Waals surface area contributed by atoms with E-state index in [0.717, 1.165) is 11.5 Å². The molecule has 0 unspecified atom stereocenters. The zero-order valence-electron chi connectivity index (χ0n) is 12.3. The van der Waals surface area contributed by atoms with E-state index in [9.17, 15) is 0 Å². The van der Waals surface area contributed by atoms with Gasteiger partial charge in [0.1, 0.15) is 0 Å². The molecule has 0 heteroatoms. The molecule has 0 spiro atoms. The van der Waals surface area contributed by atoms with Crippen LogP contribution >= 0.6 is 0 Å². The van der Waals surface area contributed by atoms with Gasteiger partial charge in [-0.3, -0.25) is 0 Å². The third-order valence-electron chi connectivity index (χ3n) is 3.49. The third-order valence-corrected chi connectivity index (χ3v) is 3.49. The van der Waals surface area contributed by atoms with E-state index in [1.807, 2.05) is 13.8 Å². The number of hydrogen-bond acceptors (Lipinski definition) is 0. The maximum absolute atomic E-state index is 3.43. The normalized spacial score (nSPS) is 22.2. The lowest BCUT2D eigenvalue weighted by molar-refractivity contribution is 0.337. The Morgan fingerprint density at radius 3 is 2.06 bits per heavy atom. The summed E-state index contributed by atoms with van der Waals surface area (Å²) in [5.41, 5.74) is 2.46. The van der Waals surface area contributed by atoms with E-state index in [2.05, 4.69) is 50.0 Å². The quantitative estimate of drug-likeness (QED) is 0.549. The molecule has 0 bridgehead atoms. The summed E-state index contributed by atoms with van der Waals surface area (Å²) >= 11 is 0. The van der Waals surface area contributed by atoms with Crippen molar-refractivity contribution in [3.8, 4) is 11.8 Å². The van der Waals surface area contributed by atoms with Crippen molar-refractivity contribution in [3.63, 3.8) is 0 Å². The first kappa shape index (κ1) is 14.8. The van der Waals surface area contributed by atoms with Crippen molar-refractivity contribution < 1.29 is 0 Å². The van der Waals surface area contributed by atoms with Gasteiger partial charge in [-0.05, 0) is 50.7 Å². The van der Waals surface area contributed by atoms with E-state index in [4.69, 9.17) is 0 Å². The first-order valence-corrected chi connectivity index (χ1v) is 7.32. The fraction of sp³-hybridized carbons (Fsp3) is 0.556. The molecule has 0 aliphatic heterocycles. The van der Waals surface area contributed by atoms with E-state index in [-0.39, 0.29) is 0 Å². The maximum atomic E-state index is 3.43. The summed E-state index contributed by atoms with van der Waals surface area (Å²) in [4.78, 5) is 0. The Morgan fingerprint density at radius 1 is 0.944 bits per heavy atom. The van der Waals surface area contributed by atoms with Crippen LogP contribution in [-0.4, -0.2) is 0 Å². The molecule has 0 amide bonds. The number of aryl methyl sites for hydroxylation is 1. The van der Waals surface area contributed by atoms with Crippen molar-refractivity contribution in [2.75, 3.05) is 0 Å². The van der Waals surface area contributed by atoms with Gasteiger partial charge in [-0.25, -0.2) is 0 Å². The highest BCUT2D eigenvalue weighted by Crippen LogP contribution is 2.27. The molecule has 1 aliphatic rings. The number of hydrogen-bond donors (Lipinski definition) is 0. The van der Waals surface area contributed by atoms with Crippen LogP contribution in [0.1, 0.15) is 57.6 Å². The molecule has 0 atom stereocenters. The molecule has 0 saturated heterocycles. The van der Waals surface area contributed by atoms with Gasteiger partial charge >= 0.3 is 0 Å². The second kappa shape index (κ2) is 7.98. The average Bonchev–Trinajstić information content (AvgIpc) is 2.42. The van der Waals surface area contributed by atoms with E-state index in [0.29, 0.717) is 5.92 Å². The molecule has 1 aromatic carbocycles. The van der Waals surface area contributed by atoms with E-state index in [1.54, 1.807) is 0 Å². The molecule has 18 heavy (non-hydrogen) atoms. The first-order chi connectivity index (χ1) is 8.74. The topological polar surface area (TPSA) is 0 Å². The predicted molar refractivity (Wildman–Crippen MR) is 80.5 cm³/mol. The van der Waals surface area contributed by atoms with Crippen LogP contribution in [0.25, 0.3) is 0 Å². The number of rotatable bonds is 0. The molecule has 98 valence electrons. The largest absolute Gasteiger partial charge is 0.0945 e. The van der Waals surface area contributed by atoms with Gasteiger partial charge < -0.3 is 0 Å². The highest BCUT2D eigenvalue weighted by molar-refractivity contribution is 5.36. The summed E-state index contributed by atoms with van der Waals surface area (Å²) in [5, 5.41) is 0. The highest BCUT2D eigenvalue weighted by atomic mass is 14.2. The van der Waals surface area contributed by atoms with E-state index in [1.165, 1.54) is 31.2 Å². The Morgan fingerprint density at radius 2 is 1.50 bits per heavy atom. The van der Waals surface area contributed by atoms with Crippen molar-refractivity contribution >= 4 is 0 Å². The Hall–Kier alpha value is -1.22. The third kappa shape index (κ3) is 4.96. The second-order valence-corrected chi connectivity index (χ2v) is 5.09. The molecule has 0 nitrogen and oxygen atoms in total. The van der Waals surface area contributed by atoms with Gasteiger partial charge in [0.05, 0.1) is 0 Å². The van der Waals surface area contributed by atoms with Crippen molar-refractivity contribution in [2.24, 2.45) is 11.8 Å². The molecule has 1 saturated carbocycles. The molecular weight excluding hydrogens is 216 g/mol. The SMILES string of the molecule is CC.Cc1ccc(C#CC2CCC(C)CC2)cc1. The zero-order chi connectivity index (χ0) is 13.4. The molecule has 0 N–H and O–H groups in total. The monoisotopic (exact) mass is 242 g/mol. The molecular formula is C18H26. The minimum absolute atomic E-state index is 0.637. The van der Waals surface area contributed by atoms with Crippen LogP contribution in [0.4, 0.5) is 0 Å². The Balaban J connectivity index is 0.000000771. The van der Waals surface area contributed by atoms with Gasteiger partial charge in [-0.2, -0.15) is 0 Å². The van der Waals surface area contributed by atoms with Crippen LogP contribution < -0.4 is 0 Å². The van der Waals surface area contributed by atoms with Crippen LogP contribution in [0.5, 0.6) is 0 Å². The van der Waals surface area contributed by atoms with Crippen molar-refractivity contribution in [1.29, 1.82) is 0 Å². The summed E-state index contributed by atoms with van der Waals surface area (Å²) < 4.78 is 0. The molecule has 1 aliphatic carbocycles. The second-order valence-electron chi connectivity index (χ2n) is 5.09. The minimum Gasteiger partial charge on any atom is -0.0945 e. The smallest absolute Gasteiger partial charge is 0.0245 e. The van der Waals surface area contributed by atoms with E-state index < -0.39 is 0 Å². The van der Waals surface area contributed by atoms with Crippen molar-refractivity contribution in [2.45, 2.75) is 53.4 Å².